The van der Waals surface area contributed by atoms with Crippen molar-refractivity contribution in [3.8, 4) is 17.2 Å². The lowest BCUT2D eigenvalue weighted by atomic mass is 10.2. The Kier molecular flexibility index (Phi) is 4.96. The van der Waals surface area contributed by atoms with Crippen LogP contribution in [0.5, 0.6) is 17.2 Å². The summed E-state index contributed by atoms with van der Waals surface area (Å²) in [4.78, 5) is 0. The van der Waals surface area contributed by atoms with Gasteiger partial charge in [0.25, 0.3) is 0 Å². The van der Waals surface area contributed by atoms with Crippen molar-refractivity contribution in [2.24, 2.45) is 0 Å². The molecule has 1 aromatic rings. The van der Waals surface area contributed by atoms with Gasteiger partial charge in [0.1, 0.15) is 0 Å². The van der Waals surface area contributed by atoms with E-state index in [-0.39, 0.29) is 0 Å². The fourth-order valence-electron chi connectivity index (χ4n) is 1.49. The summed E-state index contributed by atoms with van der Waals surface area (Å²) < 4.78 is 16.2. The number of unbranched alkanes of at least 4 members (excludes halogenated alkanes) is 1. The number of aryl methyl sites for hydroxylation is 1. The van der Waals surface area contributed by atoms with Gasteiger partial charge in [-0.25, -0.2) is 0 Å². The molecule has 1 aromatic carbocycles. The van der Waals surface area contributed by atoms with E-state index in [1.807, 2.05) is 19.1 Å². The van der Waals surface area contributed by atoms with Gasteiger partial charge in [-0.15, -0.1) is 0 Å². The van der Waals surface area contributed by atoms with E-state index in [2.05, 4.69) is 6.92 Å². The molecule has 0 aliphatic rings. The monoisotopic (exact) mass is 224 g/mol. The van der Waals surface area contributed by atoms with Crippen molar-refractivity contribution in [3.05, 3.63) is 17.7 Å². The zero-order valence-corrected chi connectivity index (χ0v) is 10.5. The second-order valence-electron chi connectivity index (χ2n) is 3.70. The molecule has 0 spiro atoms. The summed E-state index contributed by atoms with van der Waals surface area (Å²) in [6.45, 7) is 4.85. The Balaban J connectivity index is 2.91. The average Bonchev–Trinajstić information content (AvgIpc) is 2.28. The Labute approximate surface area is 97.3 Å². The summed E-state index contributed by atoms with van der Waals surface area (Å²) in [5, 5.41) is 0. The molecule has 0 N–H and O–H groups in total. The molecule has 0 bridgehead atoms. The Morgan fingerprint density at radius 3 is 2.31 bits per heavy atom. The second-order valence-corrected chi connectivity index (χ2v) is 3.70. The van der Waals surface area contributed by atoms with E-state index in [1.54, 1.807) is 14.2 Å². The maximum Gasteiger partial charge on any atom is 0.203 e. The number of benzene rings is 1. The predicted molar refractivity (Wildman–Crippen MR) is 64.7 cm³/mol. The topological polar surface area (TPSA) is 27.7 Å². The lowest BCUT2D eigenvalue weighted by Crippen LogP contribution is -2.00. The summed E-state index contributed by atoms with van der Waals surface area (Å²) in [6.07, 6.45) is 2.16. The average molecular weight is 224 g/mol. The van der Waals surface area contributed by atoms with Crippen molar-refractivity contribution in [1.82, 2.24) is 0 Å². The number of ether oxygens (including phenoxy) is 3. The fraction of sp³-hybridized carbons (Fsp3) is 0.538. The Morgan fingerprint density at radius 2 is 1.75 bits per heavy atom. The minimum Gasteiger partial charge on any atom is -0.493 e. The van der Waals surface area contributed by atoms with Gasteiger partial charge in [0.15, 0.2) is 11.5 Å². The molecule has 0 fully saturated rings. The van der Waals surface area contributed by atoms with Crippen molar-refractivity contribution < 1.29 is 14.2 Å². The van der Waals surface area contributed by atoms with Gasteiger partial charge in [-0.05, 0) is 31.0 Å². The lowest BCUT2D eigenvalue weighted by Gasteiger charge is -2.14. The zero-order chi connectivity index (χ0) is 12.0. The maximum absolute atomic E-state index is 5.69. The molecule has 0 unspecified atom stereocenters. The molecule has 3 heteroatoms. The first kappa shape index (κ1) is 12.7. The highest BCUT2D eigenvalue weighted by Crippen LogP contribution is 2.38. The maximum atomic E-state index is 5.69. The van der Waals surface area contributed by atoms with Gasteiger partial charge in [-0.2, -0.15) is 0 Å². The first-order valence-electron chi connectivity index (χ1n) is 5.58. The summed E-state index contributed by atoms with van der Waals surface area (Å²) in [7, 11) is 3.26. The van der Waals surface area contributed by atoms with Crippen LogP contribution in [0.3, 0.4) is 0 Å². The second kappa shape index (κ2) is 6.26. The molecule has 0 radical (unpaired) electrons. The molecular formula is C13H20O3. The molecule has 3 nitrogen and oxygen atoms in total. The van der Waals surface area contributed by atoms with Crippen LogP contribution in [-0.2, 0) is 0 Å². The van der Waals surface area contributed by atoms with Gasteiger partial charge < -0.3 is 14.2 Å². The molecule has 0 atom stereocenters. The molecule has 0 amide bonds. The standard InChI is InChI=1S/C13H20O3/c1-5-6-7-16-12-9-10(2)8-11(14-3)13(12)15-4/h8-9H,5-7H2,1-4H3. The van der Waals surface area contributed by atoms with E-state index in [9.17, 15) is 0 Å². The van der Waals surface area contributed by atoms with Gasteiger partial charge >= 0.3 is 0 Å². The van der Waals surface area contributed by atoms with Crippen molar-refractivity contribution in [1.29, 1.82) is 0 Å². The van der Waals surface area contributed by atoms with Crippen molar-refractivity contribution in [2.45, 2.75) is 26.7 Å². The van der Waals surface area contributed by atoms with Crippen LogP contribution in [0.25, 0.3) is 0 Å². The number of rotatable bonds is 6. The molecule has 16 heavy (non-hydrogen) atoms. The largest absolute Gasteiger partial charge is 0.493 e. The number of hydrogen-bond donors (Lipinski definition) is 0. The van der Waals surface area contributed by atoms with Crippen molar-refractivity contribution in [3.63, 3.8) is 0 Å². The molecule has 0 aliphatic heterocycles. The van der Waals surface area contributed by atoms with Crippen LogP contribution in [-0.4, -0.2) is 20.8 Å². The summed E-state index contributed by atoms with van der Waals surface area (Å²) in [5.74, 6) is 2.14. The molecule has 1 rings (SSSR count). The molecule has 0 aromatic heterocycles. The highest BCUT2D eigenvalue weighted by atomic mass is 16.5. The van der Waals surface area contributed by atoms with Gasteiger partial charge in [0.05, 0.1) is 20.8 Å². The summed E-state index contributed by atoms with van der Waals surface area (Å²) in [5.41, 5.74) is 1.10. The molecule has 0 saturated heterocycles. The molecule has 0 heterocycles. The minimum absolute atomic E-state index is 0.671. The Hall–Kier alpha value is -1.38. The van der Waals surface area contributed by atoms with Crippen LogP contribution < -0.4 is 14.2 Å². The first-order valence-corrected chi connectivity index (χ1v) is 5.58. The predicted octanol–water partition coefficient (Wildman–Crippen LogP) is 3.19. The molecular weight excluding hydrogens is 204 g/mol. The van der Waals surface area contributed by atoms with Gasteiger partial charge in [-0.1, -0.05) is 13.3 Å². The Bertz CT molecular complexity index is 334. The molecule has 90 valence electrons. The van der Waals surface area contributed by atoms with Crippen LogP contribution in [0.4, 0.5) is 0 Å². The zero-order valence-electron chi connectivity index (χ0n) is 10.5. The van der Waals surface area contributed by atoms with Gasteiger partial charge in [0, 0.05) is 0 Å². The van der Waals surface area contributed by atoms with Crippen LogP contribution in [0.15, 0.2) is 12.1 Å². The van der Waals surface area contributed by atoms with E-state index in [1.165, 1.54) is 0 Å². The normalized spacial score (nSPS) is 10.0. The molecule has 0 saturated carbocycles. The minimum atomic E-state index is 0.671. The van der Waals surface area contributed by atoms with Crippen molar-refractivity contribution >= 4 is 0 Å². The van der Waals surface area contributed by atoms with Crippen LogP contribution in [0.1, 0.15) is 25.3 Å². The van der Waals surface area contributed by atoms with E-state index in [0.29, 0.717) is 18.1 Å². The summed E-state index contributed by atoms with van der Waals surface area (Å²) in [6, 6.07) is 3.91. The smallest absolute Gasteiger partial charge is 0.203 e. The highest BCUT2D eigenvalue weighted by molar-refractivity contribution is 5.53. The third kappa shape index (κ3) is 3.05. The number of hydrogen-bond acceptors (Lipinski definition) is 3. The van der Waals surface area contributed by atoms with Crippen LogP contribution >= 0.6 is 0 Å². The summed E-state index contributed by atoms with van der Waals surface area (Å²) >= 11 is 0. The lowest BCUT2D eigenvalue weighted by molar-refractivity contribution is 0.279. The quantitative estimate of drug-likeness (QED) is 0.694. The van der Waals surface area contributed by atoms with Gasteiger partial charge in [0.2, 0.25) is 5.75 Å². The third-order valence-corrected chi connectivity index (χ3v) is 2.34. The van der Waals surface area contributed by atoms with Crippen molar-refractivity contribution in [2.75, 3.05) is 20.8 Å². The third-order valence-electron chi connectivity index (χ3n) is 2.34. The highest BCUT2D eigenvalue weighted by Gasteiger charge is 2.12. The van der Waals surface area contributed by atoms with Gasteiger partial charge in [-0.3, -0.25) is 0 Å². The van der Waals surface area contributed by atoms with E-state index in [4.69, 9.17) is 14.2 Å². The first-order chi connectivity index (χ1) is 7.72. The van der Waals surface area contributed by atoms with Crippen LogP contribution in [0, 0.1) is 6.92 Å². The van der Waals surface area contributed by atoms with Crippen LogP contribution in [0.2, 0.25) is 0 Å². The fourth-order valence-corrected chi connectivity index (χ4v) is 1.49. The van der Waals surface area contributed by atoms with E-state index >= 15 is 0 Å². The molecule has 0 aliphatic carbocycles. The van der Waals surface area contributed by atoms with E-state index < -0.39 is 0 Å². The number of methoxy groups -OCH3 is 2. The Morgan fingerprint density at radius 1 is 1.06 bits per heavy atom. The van der Waals surface area contributed by atoms with E-state index in [0.717, 1.165) is 24.2 Å². The SMILES string of the molecule is CCCCOc1cc(C)cc(OC)c1OC.